The molecule has 9 heteroatoms. The van der Waals surface area contributed by atoms with Gasteiger partial charge in [-0.1, -0.05) is 41.4 Å². The minimum Gasteiger partial charge on any atom is -0.444 e. The number of halogens is 3. The summed E-state index contributed by atoms with van der Waals surface area (Å²) in [5.74, 6) is -0.355. The Morgan fingerprint density at radius 1 is 1.19 bits per heavy atom. The molecule has 2 atom stereocenters. The zero-order valence-corrected chi connectivity index (χ0v) is 16.0. The van der Waals surface area contributed by atoms with Crippen molar-refractivity contribution in [3.05, 3.63) is 82.1 Å². The summed E-state index contributed by atoms with van der Waals surface area (Å²) in [5, 5.41) is 5.01. The summed E-state index contributed by atoms with van der Waals surface area (Å²) in [6.07, 6.45) is 2.30. The fourth-order valence-corrected chi connectivity index (χ4v) is 3.99. The highest BCUT2D eigenvalue weighted by Gasteiger charge is 2.53. The number of ether oxygens (including phenoxy) is 2. The van der Waals surface area contributed by atoms with Crippen LogP contribution in [0.2, 0.25) is 10.0 Å². The SMILES string of the molecule is Fc1ccc(C2OC(=S)OC2(Cn2cncn2)c2ccc(Cl)cc2Cl)cc1. The Labute approximate surface area is 169 Å². The van der Waals surface area contributed by atoms with E-state index in [0.29, 0.717) is 21.2 Å². The van der Waals surface area contributed by atoms with E-state index in [1.165, 1.54) is 18.5 Å². The van der Waals surface area contributed by atoms with Crippen LogP contribution in [0.5, 0.6) is 0 Å². The molecule has 2 unspecified atom stereocenters. The molecule has 1 fully saturated rings. The van der Waals surface area contributed by atoms with Gasteiger partial charge in [-0.05, 0) is 29.8 Å². The molecule has 1 saturated heterocycles. The van der Waals surface area contributed by atoms with Crippen LogP contribution < -0.4 is 0 Å². The van der Waals surface area contributed by atoms with E-state index in [1.807, 2.05) is 0 Å². The van der Waals surface area contributed by atoms with Crippen LogP contribution in [0.3, 0.4) is 0 Å². The lowest BCUT2D eigenvalue weighted by atomic mass is 9.84. The van der Waals surface area contributed by atoms with E-state index in [4.69, 9.17) is 44.9 Å². The zero-order valence-electron chi connectivity index (χ0n) is 13.7. The van der Waals surface area contributed by atoms with Gasteiger partial charge in [0.2, 0.25) is 0 Å². The van der Waals surface area contributed by atoms with Crippen molar-refractivity contribution in [2.75, 3.05) is 0 Å². The van der Waals surface area contributed by atoms with Gasteiger partial charge in [0, 0.05) is 27.8 Å². The van der Waals surface area contributed by atoms with Gasteiger partial charge in [-0.15, -0.1) is 0 Å². The van der Waals surface area contributed by atoms with Crippen LogP contribution in [0.1, 0.15) is 17.2 Å². The molecule has 1 aliphatic heterocycles. The van der Waals surface area contributed by atoms with E-state index in [-0.39, 0.29) is 17.6 Å². The summed E-state index contributed by atoms with van der Waals surface area (Å²) in [6, 6.07) is 11.0. The number of benzene rings is 2. The Kier molecular flexibility index (Phi) is 4.75. The lowest BCUT2D eigenvalue weighted by molar-refractivity contribution is 0.00983. The topological polar surface area (TPSA) is 49.2 Å². The van der Waals surface area contributed by atoms with Crippen molar-refractivity contribution in [3.8, 4) is 0 Å². The average molecular weight is 424 g/mol. The van der Waals surface area contributed by atoms with Gasteiger partial charge in [0.15, 0.2) is 11.7 Å². The minimum atomic E-state index is -1.13. The van der Waals surface area contributed by atoms with Gasteiger partial charge in [0.05, 0.1) is 6.54 Å². The standard InChI is InChI=1S/C18H12Cl2FN3O2S/c19-12-3-6-14(15(20)7-12)18(8-24-10-22-9-23-24)16(25-17(27)26-18)11-1-4-13(21)5-2-11/h1-7,9-10,16H,8H2. The number of thiocarbonyl (C=S) groups is 1. The summed E-state index contributed by atoms with van der Waals surface area (Å²) in [5.41, 5.74) is 0.171. The Morgan fingerprint density at radius 2 is 1.96 bits per heavy atom. The normalized spacial score (nSPS) is 21.7. The smallest absolute Gasteiger partial charge is 0.354 e. The summed E-state index contributed by atoms with van der Waals surface area (Å²) < 4.78 is 26.9. The van der Waals surface area contributed by atoms with Crippen molar-refractivity contribution in [2.24, 2.45) is 0 Å². The monoisotopic (exact) mass is 423 g/mol. The molecule has 3 aromatic rings. The summed E-state index contributed by atoms with van der Waals surface area (Å²) in [4.78, 5) is 3.97. The maximum Gasteiger partial charge on any atom is 0.354 e. The number of nitrogens with zero attached hydrogens (tertiary/aromatic N) is 3. The van der Waals surface area contributed by atoms with Crippen molar-refractivity contribution >= 4 is 40.7 Å². The molecule has 0 spiro atoms. The van der Waals surface area contributed by atoms with Gasteiger partial charge in [-0.3, -0.25) is 0 Å². The van der Waals surface area contributed by atoms with Crippen molar-refractivity contribution in [2.45, 2.75) is 18.2 Å². The molecular weight excluding hydrogens is 412 g/mol. The molecule has 0 saturated carbocycles. The maximum atomic E-state index is 13.4. The van der Waals surface area contributed by atoms with Gasteiger partial charge in [-0.2, -0.15) is 5.10 Å². The van der Waals surface area contributed by atoms with Gasteiger partial charge in [0.1, 0.15) is 18.5 Å². The third-order valence-electron chi connectivity index (χ3n) is 4.33. The van der Waals surface area contributed by atoms with Gasteiger partial charge in [-0.25, -0.2) is 14.1 Å². The van der Waals surface area contributed by atoms with Crippen molar-refractivity contribution in [1.29, 1.82) is 0 Å². The Bertz CT molecular complexity index is 985. The number of hydrogen-bond acceptors (Lipinski definition) is 5. The number of aromatic nitrogens is 3. The number of hydrogen-bond donors (Lipinski definition) is 0. The van der Waals surface area contributed by atoms with E-state index in [9.17, 15) is 4.39 Å². The van der Waals surface area contributed by atoms with Crippen molar-refractivity contribution < 1.29 is 13.9 Å². The second-order valence-corrected chi connectivity index (χ2v) is 7.19. The lowest BCUT2D eigenvalue weighted by Gasteiger charge is -2.32. The average Bonchev–Trinajstić information content (AvgIpc) is 3.24. The molecule has 4 rings (SSSR count). The maximum absolute atomic E-state index is 13.4. The first kappa shape index (κ1) is 18.2. The third kappa shape index (κ3) is 3.38. The first-order valence-electron chi connectivity index (χ1n) is 7.91. The minimum absolute atomic E-state index is 0.0320. The second kappa shape index (κ2) is 7.07. The van der Waals surface area contributed by atoms with Gasteiger partial charge >= 0.3 is 5.24 Å². The van der Waals surface area contributed by atoms with Crippen LogP contribution in [0, 0.1) is 5.82 Å². The first-order chi connectivity index (χ1) is 13.0. The predicted octanol–water partition coefficient (Wildman–Crippen LogP) is 4.69. The third-order valence-corrected chi connectivity index (χ3v) is 5.05. The number of rotatable bonds is 4. The molecule has 1 aromatic heterocycles. The molecule has 0 amide bonds. The second-order valence-electron chi connectivity index (χ2n) is 6.01. The van der Waals surface area contributed by atoms with E-state index in [2.05, 4.69) is 10.1 Å². The van der Waals surface area contributed by atoms with Crippen LogP contribution in [-0.2, 0) is 21.6 Å². The molecule has 27 heavy (non-hydrogen) atoms. The molecule has 2 heterocycles. The van der Waals surface area contributed by atoms with Gasteiger partial charge in [0.25, 0.3) is 0 Å². The summed E-state index contributed by atoms with van der Waals surface area (Å²) >= 11 is 17.8. The van der Waals surface area contributed by atoms with Crippen molar-refractivity contribution in [3.63, 3.8) is 0 Å². The quantitative estimate of drug-likeness (QED) is 0.569. The van der Waals surface area contributed by atoms with Gasteiger partial charge < -0.3 is 9.47 Å². The molecule has 2 aromatic carbocycles. The molecule has 0 aliphatic carbocycles. The molecule has 5 nitrogen and oxygen atoms in total. The summed E-state index contributed by atoms with van der Waals surface area (Å²) in [7, 11) is 0. The fourth-order valence-electron chi connectivity index (χ4n) is 3.18. The Morgan fingerprint density at radius 3 is 2.63 bits per heavy atom. The van der Waals surface area contributed by atoms with E-state index < -0.39 is 11.7 Å². The molecule has 0 N–H and O–H groups in total. The molecule has 0 bridgehead atoms. The highest BCUT2D eigenvalue weighted by molar-refractivity contribution is 7.79. The van der Waals surface area contributed by atoms with Crippen LogP contribution in [0.4, 0.5) is 4.39 Å². The van der Waals surface area contributed by atoms with Crippen LogP contribution in [0.15, 0.2) is 55.1 Å². The van der Waals surface area contributed by atoms with E-state index >= 15 is 0 Å². The molecule has 138 valence electrons. The highest BCUT2D eigenvalue weighted by atomic mass is 35.5. The van der Waals surface area contributed by atoms with E-state index in [0.717, 1.165) is 0 Å². The molecule has 1 aliphatic rings. The van der Waals surface area contributed by atoms with Crippen LogP contribution >= 0.6 is 35.4 Å². The summed E-state index contributed by atoms with van der Waals surface area (Å²) in [6.45, 7) is 0.219. The zero-order chi connectivity index (χ0) is 19.0. The first-order valence-corrected chi connectivity index (χ1v) is 9.07. The van der Waals surface area contributed by atoms with Crippen LogP contribution in [0.25, 0.3) is 0 Å². The predicted molar refractivity (Wildman–Crippen MR) is 102 cm³/mol. The highest BCUT2D eigenvalue weighted by Crippen LogP contribution is 2.50. The molecule has 0 radical (unpaired) electrons. The van der Waals surface area contributed by atoms with Crippen LogP contribution in [-0.4, -0.2) is 20.0 Å². The van der Waals surface area contributed by atoms with Crippen molar-refractivity contribution in [1.82, 2.24) is 14.8 Å². The largest absolute Gasteiger partial charge is 0.444 e. The molecular formula is C18H12Cl2FN3O2S. The van der Waals surface area contributed by atoms with E-state index in [1.54, 1.807) is 41.3 Å². The lowest BCUT2D eigenvalue weighted by Crippen LogP contribution is -2.37. The Balaban J connectivity index is 1.89. The fraction of sp³-hybridized carbons (Fsp3) is 0.167. The Hall–Kier alpha value is -2.22.